The van der Waals surface area contributed by atoms with Crippen LogP contribution in [-0.2, 0) is 17.8 Å². The topological polar surface area (TPSA) is 71.3 Å². The van der Waals surface area contributed by atoms with E-state index in [2.05, 4.69) is 51.5 Å². The number of benzene rings is 2. The highest BCUT2D eigenvalue weighted by Crippen LogP contribution is 2.20. The quantitative estimate of drug-likeness (QED) is 0.575. The minimum atomic E-state index is -0.400. The maximum Gasteiger partial charge on any atom is 0.227 e. The molecular formula is C25H29FN4O2. The lowest BCUT2D eigenvalue weighted by atomic mass is 9.96. The number of hydrogen-bond acceptors (Lipinski definition) is 5. The smallest absolute Gasteiger partial charge is 0.227 e. The Morgan fingerprint density at radius 3 is 2.78 bits per heavy atom. The molecule has 1 saturated heterocycles. The molecule has 0 unspecified atom stereocenters. The fraction of sp³-hybridized carbons (Fsp3) is 0.400. The van der Waals surface area contributed by atoms with Gasteiger partial charge in [0.05, 0.1) is 5.56 Å². The third kappa shape index (κ3) is 6.01. The van der Waals surface area contributed by atoms with E-state index >= 15 is 0 Å². The van der Waals surface area contributed by atoms with E-state index in [0.717, 1.165) is 32.5 Å². The predicted octanol–water partition coefficient (Wildman–Crippen LogP) is 4.15. The number of amides is 1. The number of hydrogen-bond donors (Lipinski definition) is 1. The van der Waals surface area contributed by atoms with Crippen molar-refractivity contribution >= 4 is 5.91 Å². The molecule has 3 aromatic rings. The summed E-state index contributed by atoms with van der Waals surface area (Å²) in [5.74, 6) is 0.614. The molecule has 1 aliphatic heterocycles. The van der Waals surface area contributed by atoms with Crippen LogP contribution in [0.25, 0.3) is 11.4 Å². The molecule has 168 valence electrons. The molecule has 2 heterocycles. The van der Waals surface area contributed by atoms with Crippen LogP contribution in [-0.4, -0.2) is 40.6 Å². The highest BCUT2D eigenvalue weighted by Gasteiger charge is 2.20. The van der Waals surface area contributed by atoms with Gasteiger partial charge in [0.1, 0.15) is 5.82 Å². The monoisotopic (exact) mass is 436 g/mol. The molecule has 7 heteroatoms. The van der Waals surface area contributed by atoms with Crippen molar-refractivity contribution in [2.75, 3.05) is 19.6 Å². The van der Waals surface area contributed by atoms with Gasteiger partial charge < -0.3 is 9.84 Å². The van der Waals surface area contributed by atoms with E-state index in [-0.39, 0.29) is 18.2 Å². The van der Waals surface area contributed by atoms with Crippen molar-refractivity contribution in [3.8, 4) is 11.4 Å². The van der Waals surface area contributed by atoms with Gasteiger partial charge in [0.25, 0.3) is 0 Å². The van der Waals surface area contributed by atoms with E-state index in [1.807, 2.05) is 0 Å². The molecule has 1 aromatic heterocycles. The molecule has 0 atom stereocenters. The number of nitrogens with one attached hydrogen (secondary N) is 1. The molecule has 0 spiro atoms. The van der Waals surface area contributed by atoms with Crippen LogP contribution in [0.5, 0.6) is 0 Å². The van der Waals surface area contributed by atoms with E-state index in [1.165, 1.54) is 17.2 Å². The first-order chi connectivity index (χ1) is 15.6. The number of carbonyl (C=O) groups is 1. The number of carbonyl (C=O) groups excluding carboxylic acids is 1. The maximum absolute atomic E-state index is 13.8. The number of rotatable bonds is 8. The van der Waals surface area contributed by atoms with Gasteiger partial charge in [0.2, 0.25) is 17.6 Å². The minimum absolute atomic E-state index is 0.0298. The van der Waals surface area contributed by atoms with Crippen LogP contribution in [0.3, 0.4) is 0 Å². The van der Waals surface area contributed by atoms with Crippen LogP contribution in [0, 0.1) is 18.7 Å². The molecule has 1 amide bonds. The van der Waals surface area contributed by atoms with Gasteiger partial charge >= 0.3 is 0 Å². The zero-order valence-electron chi connectivity index (χ0n) is 18.4. The average molecular weight is 437 g/mol. The lowest BCUT2D eigenvalue weighted by Gasteiger charge is -2.32. The largest absolute Gasteiger partial charge is 0.356 e. The number of halogens is 1. The summed E-state index contributed by atoms with van der Waals surface area (Å²) < 4.78 is 19.0. The standard InChI is InChI=1S/C25H29FN4O2/c1-18-5-4-6-20(15-18)17-30-13-11-19(12-14-30)16-27-23(31)9-10-24-28-25(29-32-24)21-7-2-3-8-22(21)26/h2-8,15,19H,9-14,16-17H2,1H3,(H,27,31). The Kier molecular flexibility index (Phi) is 7.27. The van der Waals surface area contributed by atoms with Crippen molar-refractivity contribution in [1.29, 1.82) is 0 Å². The van der Waals surface area contributed by atoms with Crippen LogP contribution in [0.2, 0.25) is 0 Å². The van der Waals surface area contributed by atoms with Crippen LogP contribution >= 0.6 is 0 Å². The Morgan fingerprint density at radius 1 is 1.19 bits per heavy atom. The summed E-state index contributed by atoms with van der Waals surface area (Å²) in [4.78, 5) is 18.9. The number of likely N-dealkylation sites (tertiary alicyclic amines) is 1. The summed E-state index contributed by atoms with van der Waals surface area (Å²) in [5.41, 5.74) is 2.95. The first-order valence-corrected chi connectivity index (χ1v) is 11.2. The molecule has 2 aromatic carbocycles. The summed E-state index contributed by atoms with van der Waals surface area (Å²) in [5, 5.41) is 6.86. The number of aromatic nitrogens is 2. The Bertz CT molecular complexity index is 1040. The van der Waals surface area contributed by atoms with Crippen molar-refractivity contribution in [3.05, 3.63) is 71.4 Å². The van der Waals surface area contributed by atoms with Crippen LogP contribution < -0.4 is 5.32 Å². The maximum atomic E-state index is 13.8. The fourth-order valence-corrected chi connectivity index (χ4v) is 4.09. The van der Waals surface area contributed by atoms with Crippen molar-refractivity contribution in [2.45, 2.75) is 39.2 Å². The summed E-state index contributed by atoms with van der Waals surface area (Å²) >= 11 is 0. The van der Waals surface area contributed by atoms with Crippen LogP contribution in [0.15, 0.2) is 53.1 Å². The summed E-state index contributed by atoms with van der Waals surface area (Å²) in [6.07, 6.45) is 2.77. The van der Waals surface area contributed by atoms with Gasteiger partial charge in [-0.3, -0.25) is 9.69 Å². The number of nitrogens with zero attached hydrogens (tertiary/aromatic N) is 3. The Morgan fingerprint density at radius 2 is 2.00 bits per heavy atom. The van der Waals surface area contributed by atoms with Crippen molar-refractivity contribution in [3.63, 3.8) is 0 Å². The molecule has 6 nitrogen and oxygen atoms in total. The van der Waals surface area contributed by atoms with Gasteiger partial charge in [-0.2, -0.15) is 4.98 Å². The Hall–Kier alpha value is -3.06. The van der Waals surface area contributed by atoms with Crippen molar-refractivity contribution in [2.24, 2.45) is 5.92 Å². The van der Waals surface area contributed by atoms with E-state index in [1.54, 1.807) is 18.2 Å². The van der Waals surface area contributed by atoms with Crippen molar-refractivity contribution in [1.82, 2.24) is 20.4 Å². The number of aryl methyl sites for hydroxylation is 2. The van der Waals surface area contributed by atoms with E-state index < -0.39 is 5.82 Å². The minimum Gasteiger partial charge on any atom is -0.356 e. The lowest BCUT2D eigenvalue weighted by Crippen LogP contribution is -2.38. The van der Waals surface area contributed by atoms with Crippen LogP contribution in [0.4, 0.5) is 4.39 Å². The number of piperidine rings is 1. The predicted molar refractivity (Wildman–Crippen MR) is 120 cm³/mol. The highest BCUT2D eigenvalue weighted by atomic mass is 19.1. The molecule has 0 aliphatic carbocycles. The van der Waals surface area contributed by atoms with Gasteiger partial charge in [-0.15, -0.1) is 0 Å². The van der Waals surface area contributed by atoms with Crippen LogP contribution in [0.1, 0.15) is 36.3 Å². The van der Waals surface area contributed by atoms with Gasteiger partial charge in [0.15, 0.2) is 0 Å². The molecule has 1 N–H and O–H groups in total. The van der Waals surface area contributed by atoms with Crippen molar-refractivity contribution < 1.29 is 13.7 Å². The molecule has 1 aliphatic rings. The van der Waals surface area contributed by atoms with Gasteiger partial charge in [-0.1, -0.05) is 47.1 Å². The molecule has 32 heavy (non-hydrogen) atoms. The summed E-state index contributed by atoms with van der Waals surface area (Å²) in [6, 6.07) is 14.9. The first kappa shape index (κ1) is 22.1. The van der Waals surface area contributed by atoms with E-state index in [9.17, 15) is 9.18 Å². The van der Waals surface area contributed by atoms with Gasteiger partial charge in [0, 0.05) is 25.9 Å². The molecule has 0 bridgehead atoms. The second-order valence-electron chi connectivity index (χ2n) is 8.50. The summed E-state index contributed by atoms with van der Waals surface area (Å²) in [7, 11) is 0. The molecule has 4 rings (SSSR count). The third-order valence-corrected chi connectivity index (χ3v) is 5.93. The Balaban J connectivity index is 1.16. The zero-order chi connectivity index (χ0) is 22.3. The van der Waals surface area contributed by atoms with E-state index in [4.69, 9.17) is 4.52 Å². The fourth-order valence-electron chi connectivity index (χ4n) is 4.09. The Labute approximate surface area is 187 Å². The molecule has 0 radical (unpaired) electrons. The lowest BCUT2D eigenvalue weighted by molar-refractivity contribution is -0.121. The van der Waals surface area contributed by atoms with Gasteiger partial charge in [-0.25, -0.2) is 4.39 Å². The van der Waals surface area contributed by atoms with Gasteiger partial charge in [-0.05, 0) is 56.5 Å². The molecule has 0 saturated carbocycles. The average Bonchev–Trinajstić information content (AvgIpc) is 3.26. The summed E-state index contributed by atoms with van der Waals surface area (Å²) in [6.45, 7) is 5.91. The first-order valence-electron chi connectivity index (χ1n) is 11.2. The second kappa shape index (κ2) is 10.5. The molecular weight excluding hydrogens is 407 g/mol. The SMILES string of the molecule is Cc1cccc(CN2CCC(CNC(=O)CCc3nc(-c4ccccc4F)no3)CC2)c1. The zero-order valence-corrected chi connectivity index (χ0v) is 18.4. The van der Waals surface area contributed by atoms with E-state index in [0.29, 0.717) is 30.3 Å². The second-order valence-corrected chi connectivity index (χ2v) is 8.50. The highest BCUT2D eigenvalue weighted by molar-refractivity contribution is 5.76. The third-order valence-electron chi connectivity index (χ3n) is 5.93. The normalized spacial score (nSPS) is 15.1. The molecule has 1 fully saturated rings.